The van der Waals surface area contributed by atoms with E-state index in [-0.39, 0.29) is 11.9 Å². The lowest BCUT2D eigenvalue weighted by Crippen LogP contribution is -2.06. The van der Waals surface area contributed by atoms with E-state index in [0.29, 0.717) is 6.42 Å². The van der Waals surface area contributed by atoms with Crippen molar-refractivity contribution in [1.82, 2.24) is 0 Å². The van der Waals surface area contributed by atoms with Crippen molar-refractivity contribution in [3.05, 3.63) is 0 Å². The number of aliphatic hydroxyl groups excluding tert-OH is 1. The van der Waals surface area contributed by atoms with Crippen LogP contribution in [-0.4, -0.2) is 29.9 Å². The van der Waals surface area contributed by atoms with E-state index in [0.717, 1.165) is 38.5 Å². The zero-order valence-electron chi connectivity index (χ0n) is 16.4. The first-order valence-corrected chi connectivity index (χ1v) is 12.2. The molecule has 0 aromatic heterocycles. The van der Waals surface area contributed by atoms with Gasteiger partial charge in [-0.2, -0.15) is 8.42 Å². The Morgan fingerprint density at radius 3 is 1.40 bits per heavy atom. The number of rotatable bonds is 19. The van der Waals surface area contributed by atoms with Gasteiger partial charge in [-0.3, -0.25) is 4.55 Å². The summed E-state index contributed by atoms with van der Waals surface area (Å²) in [5, 5.41) is 9.94. The predicted molar refractivity (Wildman–Crippen MR) is 107 cm³/mol. The maximum absolute atomic E-state index is 10.6. The first kappa shape index (κ1) is 24.9. The fourth-order valence-corrected chi connectivity index (χ4v) is 3.78. The first-order chi connectivity index (χ1) is 12.0. The maximum atomic E-state index is 10.6. The fourth-order valence-electron chi connectivity index (χ4n) is 3.21. The molecule has 0 aromatic carbocycles. The molecule has 0 saturated heterocycles. The second-order valence-corrected chi connectivity index (χ2v) is 9.04. The summed E-state index contributed by atoms with van der Waals surface area (Å²) < 4.78 is 29.8. The Kier molecular flexibility index (Phi) is 17.2. The van der Waals surface area contributed by atoms with Crippen molar-refractivity contribution in [1.29, 1.82) is 0 Å². The molecule has 25 heavy (non-hydrogen) atoms. The molecule has 0 fully saturated rings. The molecule has 0 amide bonds. The molecule has 0 bridgehead atoms. The third-order valence-corrected chi connectivity index (χ3v) is 5.64. The Morgan fingerprint density at radius 1 is 0.640 bits per heavy atom. The highest BCUT2D eigenvalue weighted by molar-refractivity contribution is 7.85. The van der Waals surface area contributed by atoms with Gasteiger partial charge in [0.1, 0.15) is 0 Å². The average Bonchev–Trinajstić information content (AvgIpc) is 2.55. The standard InChI is InChI=1S/C20H42O4S/c1-2-3-4-5-6-7-8-9-10-11-14-17-20(21)18-15-12-13-16-19-25(22,23)24/h20-21H,2-19H2,1H3,(H,22,23,24). The van der Waals surface area contributed by atoms with Gasteiger partial charge in [0.15, 0.2) is 0 Å². The van der Waals surface area contributed by atoms with Gasteiger partial charge in [-0.05, 0) is 19.3 Å². The van der Waals surface area contributed by atoms with Crippen LogP contribution >= 0.6 is 0 Å². The van der Waals surface area contributed by atoms with Gasteiger partial charge < -0.3 is 5.11 Å². The predicted octanol–water partition coefficient (Wildman–Crippen LogP) is 5.89. The summed E-state index contributed by atoms with van der Waals surface area (Å²) in [6.07, 6.45) is 19.2. The van der Waals surface area contributed by atoms with Crippen LogP contribution in [0.5, 0.6) is 0 Å². The third kappa shape index (κ3) is 21.8. The zero-order valence-corrected chi connectivity index (χ0v) is 17.2. The van der Waals surface area contributed by atoms with Gasteiger partial charge in [0.25, 0.3) is 10.1 Å². The molecular weight excluding hydrogens is 336 g/mol. The van der Waals surface area contributed by atoms with Gasteiger partial charge in [0.2, 0.25) is 0 Å². The maximum Gasteiger partial charge on any atom is 0.264 e. The SMILES string of the molecule is CCCCCCCCCCCCCC(O)CCCCCCS(=O)(=O)O. The van der Waals surface area contributed by atoms with E-state index in [4.69, 9.17) is 4.55 Å². The minimum Gasteiger partial charge on any atom is -0.393 e. The summed E-state index contributed by atoms with van der Waals surface area (Å²) in [7, 11) is -3.81. The summed E-state index contributed by atoms with van der Waals surface area (Å²) in [6.45, 7) is 2.25. The summed E-state index contributed by atoms with van der Waals surface area (Å²) in [4.78, 5) is 0. The van der Waals surface area contributed by atoms with Gasteiger partial charge in [-0.15, -0.1) is 0 Å². The number of hydrogen-bond acceptors (Lipinski definition) is 3. The summed E-state index contributed by atoms with van der Waals surface area (Å²) in [6, 6.07) is 0. The van der Waals surface area contributed by atoms with E-state index in [1.807, 2.05) is 0 Å². The lowest BCUT2D eigenvalue weighted by Gasteiger charge is -2.10. The van der Waals surface area contributed by atoms with Crippen LogP contribution in [0.4, 0.5) is 0 Å². The highest BCUT2D eigenvalue weighted by atomic mass is 32.2. The van der Waals surface area contributed by atoms with E-state index >= 15 is 0 Å². The van der Waals surface area contributed by atoms with Crippen molar-refractivity contribution in [2.75, 3.05) is 5.75 Å². The fraction of sp³-hybridized carbons (Fsp3) is 1.00. The van der Waals surface area contributed by atoms with Crippen LogP contribution in [-0.2, 0) is 10.1 Å². The molecule has 0 radical (unpaired) electrons. The summed E-state index contributed by atoms with van der Waals surface area (Å²) in [5.74, 6) is -0.145. The van der Waals surface area contributed by atoms with Crippen LogP contribution in [0.25, 0.3) is 0 Å². The molecule has 0 aliphatic rings. The van der Waals surface area contributed by atoms with Crippen LogP contribution in [0.1, 0.15) is 116 Å². The summed E-state index contributed by atoms with van der Waals surface area (Å²) >= 11 is 0. The monoisotopic (exact) mass is 378 g/mol. The second-order valence-electron chi connectivity index (χ2n) is 7.47. The normalized spacial score (nSPS) is 13.2. The number of unbranched alkanes of at least 4 members (excludes halogenated alkanes) is 13. The van der Waals surface area contributed by atoms with Crippen molar-refractivity contribution >= 4 is 10.1 Å². The van der Waals surface area contributed by atoms with Crippen LogP contribution in [0.15, 0.2) is 0 Å². The Bertz CT molecular complexity index is 368. The molecule has 0 spiro atoms. The molecule has 0 aliphatic heterocycles. The summed E-state index contributed by atoms with van der Waals surface area (Å²) in [5.41, 5.74) is 0. The van der Waals surface area contributed by atoms with E-state index in [9.17, 15) is 13.5 Å². The van der Waals surface area contributed by atoms with E-state index in [1.54, 1.807) is 0 Å². The third-order valence-electron chi connectivity index (χ3n) is 4.83. The van der Waals surface area contributed by atoms with Gasteiger partial charge in [-0.1, -0.05) is 96.8 Å². The molecule has 0 aromatic rings. The Hall–Kier alpha value is -0.130. The second kappa shape index (κ2) is 17.3. The van der Waals surface area contributed by atoms with E-state index in [2.05, 4.69) is 6.92 Å². The first-order valence-electron chi connectivity index (χ1n) is 10.6. The highest BCUT2D eigenvalue weighted by Gasteiger charge is 2.05. The average molecular weight is 379 g/mol. The van der Waals surface area contributed by atoms with Crippen molar-refractivity contribution in [2.45, 2.75) is 122 Å². The largest absolute Gasteiger partial charge is 0.393 e. The van der Waals surface area contributed by atoms with E-state index < -0.39 is 10.1 Å². The molecule has 0 rings (SSSR count). The van der Waals surface area contributed by atoms with Crippen LogP contribution in [0.3, 0.4) is 0 Å². The molecule has 5 heteroatoms. The van der Waals surface area contributed by atoms with Crippen LogP contribution in [0, 0.1) is 0 Å². The van der Waals surface area contributed by atoms with Crippen molar-refractivity contribution in [3.8, 4) is 0 Å². The molecule has 152 valence electrons. The van der Waals surface area contributed by atoms with Crippen molar-refractivity contribution in [3.63, 3.8) is 0 Å². The minimum absolute atomic E-state index is 0.145. The Morgan fingerprint density at radius 2 is 1.00 bits per heavy atom. The Balaban J connectivity index is 3.21. The molecule has 4 nitrogen and oxygen atoms in total. The topological polar surface area (TPSA) is 74.6 Å². The molecule has 0 saturated carbocycles. The molecule has 1 unspecified atom stereocenters. The molecule has 2 N–H and O–H groups in total. The molecule has 1 atom stereocenters. The molecular formula is C20H42O4S. The smallest absolute Gasteiger partial charge is 0.264 e. The van der Waals surface area contributed by atoms with Crippen LogP contribution in [0.2, 0.25) is 0 Å². The van der Waals surface area contributed by atoms with E-state index in [1.165, 1.54) is 64.2 Å². The Labute approximate surface area is 156 Å². The van der Waals surface area contributed by atoms with Crippen molar-refractivity contribution < 1.29 is 18.1 Å². The van der Waals surface area contributed by atoms with Gasteiger partial charge in [0, 0.05) is 0 Å². The molecule has 0 heterocycles. The number of aliphatic hydroxyl groups is 1. The lowest BCUT2D eigenvalue weighted by molar-refractivity contribution is 0.147. The van der Waals surface area contributed by atoms with Gasteiger partial charge >= 0.3 is 0 Å². The van der Waals surface area contributed by atoms with Gasteiger partial charge in [0.05, 0.1) is 11.9 Å². The number of hydrogen-bond donors (Lipinski definition) is 2. The van der Waals surface area contributed by atoms with Crippen molar-refractivity contribution in [2.24, 2.45) is 0 Å². The molecule has 0 aliphatic carbocycles. The minimum atomic E-state index is -3.81. The zero-order chi connectivity index (χ0) is 18.8. The van der Waals surface area contributed by atoms with Gasteiger partial charge in [-0.25, -0.2) is 0 Å². The van der Waals surface area contributed by atoms with Crippen LogP contribution < -0.4 is 0 Å². The quantitative estimate of drug-likeness (QED) is 0.217. The highest BCUT2D eigenvalue weighted by Crippen LogP contribution is 2.14. The lowest BCUT2D eigenvalue weighted by atomic mass is 10.0.